The maximum Gasteiger partial charge on any atom is 0.124 e. The number of rotatable bonds is 9. The Labute approximate surface area is 126 Å². The summed E-state index contributed by atoms with van der Waals surface area (Å²) in [6.07, 6.45) is 9.27. The zero-order valence-corrected chi connectivity index (χ0v) is 12.7. The van der Waals surface area contributed by atoms with Gasteiger partial charge in [0, 0.05) is 24.1 Å². The first-order valence-corrected chi connectivity index (χ1v) is 7.78. The molecule has 0 atom stereocenters. The molecule has 0 unspecified atom stereocenters. The minimum atomic E-state index is 0.416. The lowest BCUT2D eigenvalue weighted by molar-refractivity contribution is -0.107. The molecule has 0 aliphatic rings. The van der Waals surface area contributed by atoms with Crippen molar-refractivity contribution in [1.29, 1.82) is 0 Å². The SMILES string of the molecule is CCCCCCCOc1ccc2cc(CC=O)cnc2c1. The second kappa shape index (κ2) is 8.40. The van der Waals surface area contributed by atoms with E-state index in [4.69, 9.17) is 4.74 Å². The lowest BCUT2D eigenvalue weighted by Crippen LogP contribution is -1.97. The van der Waals surface area contributed by atoms with Crippen molar-refractivity contribution >= 4 is 17.2 Å². The van der Waals surface area contributed by atoms with Crippen molar-refractivity contribution in [3.63, 3.8) is 0 Å². The minimum absolute atomic E-state index is 0.416. The van der Waals surface area contributed by atoms with Crippen molar-refractivity contribution in [1.82, 2.24) is 4.98 Å². The lowest BCUT2D eigenvalue weighted by atomic mass is 10.1. The number of pyridine rings is 1. The van der Waals surface area contributed by atoms with Crippen LogP contribution in [0.15, 0.2) is 30.5 Å². The molecule has 0 spiro atoms. The molecule has 2 rings (SSSR count). The molecule has 2 aromatic rings. The van der Waals surface area contributed by atoms with Crippen molar-refractivity contribution < 1.29 is 9.53 Å². The highest BCUT2D eigenvalue weighted by Gasteiger charge is 2.01. The normalized spacial score (nSPS) is 10.7. The molecule has 21 heavy (non-hydrogen) atoms. The fourth-order valence-corrected chi connectivity index (χ4v) is 2.34. The van der Waals surface area contributed by atoms with Crippen molar-refractivity contribution in [2.24, 2.45) is 0 Å². The van der Waals surface area contributed by atoms with Gasteiger partial charge in [-0.1, -0.05) is 32.6 Å². The standard InChI is InChI=1S/C18H23NO2/c1-2-3-4-5-6-11-21-17-8-7-16-12-15(9-10-20)14-19-18(16)13-17/h7-8,10,12-14H,2-6,9,11H2,1H3. The molecular weight excluding hydrogens is 262 g/mol. The molecule has 112 valence electrons. The number of nitrogens with zero attached hydrogens (tertiary/aromatic N) is 1. The molecule has 3 nitrogen and oxygen atoms in total. The molecule has 0 aliphatic carbocycles. The molecule has 0 saturated carbocycles. The topological polar surface area (TPSA) is 39.2 Å². The Morgan fingerprint density at radius 1 is 1.14 bits per heavy atom. The fourth-order valence-electron chi connectivity index (χ4n) is 2.34. The van der Waals surface area contributed by atoms with Gasteiger partial charge in [0.2, 0.25) is 0 Å². The van der Waals surface area contributed by atoms with E-state index in [0.717, 1.165) is 41.5 Å². The lowest BCUT2D eigenvalue weighted by Gasteiger charge is -2.07. The maximum absolute atomic E-state index is 10.5. The second-order valence-corrected chi connectivity index (χ2v) is 5.33. The fraction of sp³-hybridized carbons (Fsp3) is 0.444. The molecule has 1 aromatic heterocycles. The van der Waals surface area contributed by atoms with Crippen molar-refractivity contribution in [3.8, 4) is 5.75 Å². The number of carbonyl (C=O) groups excluding carboxylic acids is 1. The maximum atomic E-state index is 10.5. The van der Waals surface area contributed by atoms with Crippen LogP contribution < -0.4 is 4.74 Å². The number of aldehydes is 1. The highest BCUT2D eigenvalue weighted by atomic mass is 16.5. The summed E-state index contributed by atoms with van der Waals surface area (Å²) in [6, 6.07) is 7.95. The van der Waals surface area contributed by atoms with E-state index in [9.17, 15) is 4.79 Å². The van der Waals surface area contributed by atoms with Gasteiger partial charge in [0.25, 0.3) is 0 Å². The summed E-state index contributed by atoms with van der Waals surface area (Å²) in [5.41, 5.74) is 1.86. The van der Waals surface area contributed by atoms with Gasteiger partial charge in [-0.15, -0.1) is 0 Å². The van der Waals surface area contributed by atoms with Gasteiger partial charge in [-0.3, -0.25) is 4.98 Å². The van der Waals surface area contributed by atoms with E-state index in [1.807, 2.05) is 24.3 Å². The third kappa shape index (κ3) is 4.85. The molecule has 0 N–H and O–H groups in total. The third-order valence-corrected chi connectivity index (χ3v) is 3.55. The summed E-state index contributed by atoms with van der Waals surface area (Å²) in [7, 11) is 0. The Morgan fingerprint density at radius 2 is 2.00 bits per heavy atom. The van der Waals surface area contributed by atoms with Crippen LogP contribution in [0.5, 0.6) is 5.75 Å². The summed E-state index contributed by atoms with van der Waals surface area (Å²) in [6.45, 7) is 2.98. The van der Waals surface area contributed by atoms with Crippen molar-refractivity contribution in [2.45, 2.75) is 45.4 Å². The molecule has 0 bridgehead atoms. The summed E-state index contributed by atoms with van der Waals surface area (Å²) in [5.74, 6) is 0.869. The van der Waals surface area contributed by atoms with Crippen LogP contribution in [0.2, 0.25) is 0 Å². The van der Waals surface area contributed by atoms with Crippen molar-refractivity contribution in [2.75, 3.05) is 6.61 Å². The molecule has 0 fully saturated rings. The van der Waals surface area contributed by atoms with Gasteiger partial charge in [-0.25, -0.2) is 0 Å². The third-order valence-electron chi connectivity index (χ3n) is 3.55. The molecule has 3 heteroatoms. The molecule has 0 radical (unpaired) electrons. The number of benzene rings is 1. The Balaban J connectivity index is 1.90. The van der Waals surface area contributed by atoms with Gasteiger partial charge in [-0.2, -0.15) is 0 Å². The molecule has 1 heterocycles. The molecule has 1 aromatic carbocycles. The summed E-state index contributed by atoms with van der Waals surface area (Å²) in [4.78, 5) is 14.9. The van der Waals surface area contributed by atoms with E-state index in [1.165, 1.54) is 25.7 Å². The summed E-state index contributed by atoms with van der Waals surface area (Å²) >= 11 is 0. The molecule has 0 saturated heterocycles. The summed E-state index contributed by atoms with van der Waals surface area (Å²) < 4.78 is 5.78. The molecule has 0 aliphatic heterocycles. The number of ether oxygens (including phenoxy) is 1. The van der Waals surface area contributed by atoms with Gasteiger partial charge in [0.05, 0.1) is 12.1 Å². The zero-order valence-electron chi connectivity index (χ0n) is 12.7. The number of hydrogen-bond acceptors (Lipinski definition) is 3. The van der Waals surface area contributed by atoms with E-state index in [0.29, 0.717) is 6.42 Å². The van der Waals surface area contributed by atoms with Crippen LogP contribution in [0.1, 0.15) is 44.6 Å². The van der Waals surface area contributed by atoms with Crippen LogP contribution in [0, 0.1) is 0 Å². The first kappa shape index (κ1) is 15.5. The van der Waals surface area contributed by atoms with E-state index < -0.39 is 0 Å². The van der Waals surface area contributed by atoms with Gasteiger partial charge in [0.15, 0.2) is 0 Å². The van der Waals surface area contributed by atoms with E-state index in [-0.39, 0.29) is 0 Å². The average Bonchev–Trinajstić information content (AvgIpc) is 2.51. The zero-order chi connectivity index (χ0) is 14.9. The molecule has 0 amide bonds. The minimum Gasteiger partial charge on any atom is -0.494 e. The van der Waals surface area contributed by atoms with Crippen molar-refractivity contribution in [3.05, 3.63) is 36.0 Å². The average molecular weight is 285 g/mol. The van der Waals surface area contributed by atoms with Crippen LogP contribution >= 0.6 is 0 Å². The Hall–Kier alpha value is -1.90. The number of aromatic nitrogens is 1. The number of unbranched alkanes of at least 4 members (excludes halogenated alkanes) is 4. The van der Waals surface area contributed by atoms with Gasteiger partial charge in [0.1, 0.15) is 12.0 Å². The smallest absolute Gasteiger partial charge is 0.124 e. The van der Waals surface area contributed by atoms with Crippen LogP contribution in [0.3, 0.4) is 0 Å². The van der Waals surface area contributed by atoms with Crippen LogP contribution in [0.4, 0.5) is 0 Å². The predicted molar refractivity (Wildman–Crippen MR) is 85.8 cm³/mol. The second-order valence-electron chi connectivity index (χ2n) is 5.33. The Bertz CT molecular complexity index is 580. The van der Waals surface area contributed by atoms with Gasteiger partial charge >= 0.3 is 0 Å². The number of carbonyl (C=O) groups is 1. The quantitative estimate of drug-likeness (QED) is 0.508. The Morgan fingerprint density at radius 3 is 2.81 bits per heavy atom. The highest BCUT2D eigenvalue weighted by molar-refractivity contribution is 5.81. The predicted octanol–water partition coefficient (Wildman–Crippen LogP) is 4.33. The van der Waals surface area contributed by atoms with Gasteiger partial charge in [-0.05, 0) is 30.2 Å². The van der Waals surface area contributed by atoms with E-state index in [1.54, 1.807) is 6.20 Å². The first-order chi connectivity index (χ1) is 10.3. The number of hydrogen-bond donors (Lipinski definition) is 0. The monoisotopic (exact) mass is 285 g/mol. The number of fused-ring (bicyclic) bond motifs is 1. The van der Waals surface area contributed by atoms with E-state index in [2.05, 4.69) is 11.9 Å². The van der Waals surface area contributed by atoms with Crippen LogP contribution in [-0.2, 0) is 11.2 Å². The van der Waals surface area contributed by atoms with Gasteiger partial charge < -0.3 is 9.53 Å². The molecular formula is C18H23NO2. The summed E-state index contributed by atoms with van der Waals surface area (Å²) in [5, 5.41) is 1.05. The van der Waals surface area contributed by atoms with E-state index >= 15 is 0 Å². The van der Waals surface area contributed by atoms with Crippen LogP contribution in [0.25, 0.3) is 10.9 Å². The Kier molecular flexibility index (Phi) is 6.20. The first-order valence-electron chi connectivity index (χ1n) is 7.78. The van der Waals surface area contributed by atoms with Crippen LogP contribution in [-0.4, -0.2) is 17.9 Å². The largest absolute Gasteiger partial charge is 0.494 e. The highest BCUT2D eigenvalue weighted by Crippen LogP contribution is 2.20.